The van der Waals surface area contributed by atoms with Gasteiger partial charge in [0.25, 0.3) is 5.91 Å². The van der Waals surface area contributed by atoms with Gasteiger partial charge in [-0.2, -0.15) is 0 Å². The average molecular weight is 286 g/mol. The summed E-state index contributed by atoms with van der Waals surface area (Å²) in [5, 5.41) is 3.00. The van der Waals surface area contributed by atoms with Crippen LogP contribution in [0, 0.1) is 0 Å². The Morgan fingerprint density at radius 1 is 1.68 bits per heavy atom. The molecule has 1 unspecified atom stereocenters. The second kappa shape index (κ2) is 6.70. The van der Waals surface area contributed by atoms with Gasteiger partial charge in [0.1, 0.15) is 5.82 Å². The molecule has 0 spiro atoms. The highest BCUT2D eigenvalue weighted by molar-refractivity contribution is 6.33. The number of anilines is 1. The molecule has 2 rings (SSSR count). The van der Waals surface area contributed by atoms with Crippen LogP contribution in [0.2, 0.25) is 5.02 Å². The van der Waals surface area contributed by atoms with Crippen molar-refractivity contribution in [2.45, 2.75) is 12.5 Å². The molecule has 1 aromatic rings. The number of pyridine rings is 1. The van der Waals surface area contributed by atoms with E-state index in [9.17, 15) is 4.79 Å². The van der Waals surface area contributed by atoms with Gasteiger partial charge in [0.05, 0.1) is 29.9 Å². The van der Waals surface area contributed by atoms with Crippen molar-refractivity contribution in [2.24, 2.45) is 0 Å². The van der Waals surface area contributed by atoms with Crippen LogP contribution in [-0.2, 0) is 9.47 Å². The van der Waals surface area contributed by atoms with Crippen LogP contribution in [-0.4, -0.2) is 43.4 Å². The van der Waals surface area contributed by atoms with E-state index < -0.39 is 0 Å². The van der Waals surface area contributed by atoms with Crippen molar-refractivity contribution in [3.63, 3.8) is 0 Å². The number of carbonyl (C=O) groups is 1. The lowest BCUT2D eigenvalue weighted by atomic mass is 10.2. The van der Waals surface area contributed by atoms with Crippen molar-refractivity contribution >= 4 is 23.3 Å². The van der Waals surface area contributed by atoms with Crippen LogP contribution >= 0.6 is 11.6 Å². The molecule has 3 N–H and O–H groups in total. The Balaban J connectivity index is 1.72. The lowest BCUT2D eigenvalue weighted by Gasteiger charge is -2.10. The molecule has 6 nitrogen and oxygen atoms in total. The Kier molecular flexibility index (Phi) is 4.95. The number of hydrogen-bond acceptors (Lipinski definition) is 5. The number of amides is 1. The molecule has 0 aliphatic carbocycles. The van der Waals surface area contributed by atoms with Gasteiger partial charge in [0, 0.05) is 19.3 Å². The van der Waals surface area contributed by atoms with Crippen molar-refractivity contribution in [1.29, 1.82) is 0 Å². The largest absolute Gasteiger partial charge is 0.382 e. The van der Waals surface area contributed by atoms with Crippen LogP contribution < -0.4 is 11.1 Å². The summed E-state index contributed by atoms with van der Waals surface area (Å²) >= 11 is 5.80. The molecule has 1 aliphatic heterocycles. The van der Waals surface area contributed by atoms with Gasteiger partial charge in [-0.25, -0.2) is 4.98 Å². The van der Waals surface area contributed by atoms with Gasteiger partial charge in [-0.15, -0.1) is 0 Å². The number of aromatic nitrogens is 1. The monoisotopic (exact) mass is 285 g/mol. The van der Waals surface area contributed by atoms with Gasteiger partial charge in [-0.1, -0.05) is 11.6 Å². The van der Waals surface area contributed by atoms with Crippen LogP contribution in [0.3, 0.4) is 0 Å². The summed E-state index contributed by atoms with van der Waals surface area (Å²) in [4.78, 5) is 15.6. The first-order valence-electron chi connectivity index (χ1n) is 6.05. The van der Waals surface area contributed by atoms with Crippen molar-refractivity contribution in [3.05, 3.63) is 22.8 Å². The third-order valence-corrected chi connectivity index (χ3v) is 3.06. The highest BCUT2D eigenvalue weighted by Gasteiger charge is 2.15. The molecule has 1 saturated heterocycles. The number of nitrogens with one attached hydrogen (secondary N) is 1. The normalized spacial score (nSPS) is 18.5. The summed E-state index contributed by atoms with van der Waals surface area (Å²) in [7, 11) is 0. The van der Waals surface area contributed by atoms with Crippen molar-refractivity contribution in [2.75, 3.05) is 32.1 Å². The SMILES string of the molecule is Nc1ncc(C(=O)NCCOC2CCOC2)cc1Cl. The van der Waals surface area contributed by atoms with E-state index in [0.29, 0.717) is 25.3 Å². The maximum absolute atomic E-state index is 11.8. The van der Waals surface area contributed by atoms with Gasteiger partial charge < -0.3 is 20.5 Å². The van der Waals surface area contributed by atoms with Gasteiger partial charge in [0.15, 0.2) is 0 Å². The predicted molar refractivity (Wildman–Crippen MR) is 71.2 cm³/mol. The van der Waals surface area contributed by atoms with E-state index in [4.69, 9.17) is 26.8 Å². The average Bonchev–Trinajstić information content (AvgIpc) is 2.91. The second-order valence-corrected chi connectivity index (χ2v) is 4.61. The summed E-state index contributed by atoms with van der Waals surface area (Å²) in [6.45, 7) is 2.26. The van der Waals surface area contributed by atoms with E-state index in [0.717, 1.165) is 13.0 Å². The number of ether oxygens (including phenoxy) is 2. The smallest absolute Gasteiger partial charge is 0.252 e. The van der Waals surface area contributed by atoms with Crippen LogP contribution in [0.15, 0.2) is 12.3 Å². The zero-order chi connectivity index (χ0) is 13.7. The highest BCUT2D eigenvalue weighted by atomic mass is 35.5. The Bertz CT molecular complexity index is 450. The fourth-order valence-electron chi connectivity index (χ4n) is 1.71. The lowest BCUT2D eigenvalue weighted by Crippen LogP contribution is -2.29. The maximum atomic E-state index is 11.8. The van der Waals surface area contributed by atoms with E-state index in [1.54, 1.807) is 0 Å². The molecule has 19 heavy (non-hydrogen) atoms. The molecular formula is C12H16ClN3O3. The third kappa shape index (κ3) is 4.05. The summed E-state index contributed by atoms with van der Waals surface area (Å²) in [5.74, 6) is -0.0385. The number of nitrogens with zero attached hydrogens (tertiary/aromatic N) is 1. The molecule has 1 amide bonds. The molecule has 7 heteroatoms. The van der Waals surface area contributed by atoms with E-state index in [1.807, 2.05) is 0 Å². The van der Waals surface area contributed by atoms with Gasteiger partial charge in [-0.05, 0) is 12.5 Å². The van der Waals surface area contributed by atoms with Gasteiger partial charge in [0.2, 0.25) is 0 Å². The Morgan fingerprint density at radius 3 is 3.21 bits per heavy atom. The van der Waals surface area contributed by atoms with E-state index in [1.165, 1.54) is 12.3 Å². The lowest BCUT2D eigenvalue weighted by molar-refractivity contribution is 0.0437. The van der Waals surface area contributed by atoms with Crippen LogP contribution in [0.1, 0.15) is 16.8 Å². The molecule has 1 aliphatic rings. The quantitative estimate of drug-likeness (QED) is 0.784. The number of carbonyl (C=O) groups excluding carboxylic acids is 1. The van der Waals surface area contributed by atoms with Crippen LogP contribution in [0.4, 0.5) is 5.82 Å². The topological polar surface area (TPSA) is 86.5 Å². The minimum Gasteiger partial charge on any atom is -0.382 e. The minimum absolute atomic E-state index is 0.143. The molecule has 1 atom stereocenters. The van der Waals surface area contributed by atoms with Gasteiger partial charge >= 0.3 is 0 Å². The van der Waals surface area contributed by atoms with Crippen molar-refractivity contribution in [3.8, 4) is 0 Å². The zero-order valence-corrected chi connectivity index (χ0v) is 11.2. The van der Waals surface area contributed by atoms with Crippen LogP contribution in [0.5, 0.6) is 0 Å². The first-order valence-corrected chi connectivity index (χ1v) is 6.43. The van der Waals surface area contributed by atoms with E-state index in [2.05, 4.69) is 10.3 Å². The fraction of sp³-hybridized carbons (Fsp3) is 0.500. The summed E-state index contributed by atoms with van der Waals surface area (Å²) < 4.78 is 10.7. The number of hydrogen-bond donors (Lipinski definition) is 2. The number of halogens is 1. The maximum Gasteiger partial charge on any atom is 0.252 e. The van der Waals surface area contributed by atoms with E-state index in [-0.39, 0.29) is 22.9 Å². The van der Waals surface area contributed by atoms with Crippen molar-refractivity contribution < 1.29 is 14.3 Å². The number of nitrogens with two attached hydrogens (primary N) is 1. The molecule has 0 radical (unpaired) electrons. The molecule has 104 valence electrons. The zero-order valence-electron chi connectivity index (χ0n) is 10.4. The number of nitrogen functional groups attached to an aromatic ring is 1. The third-order valence-electron chi connectivity index (χ3n) is 2.76. The summed E-state index contributed by atoms with van der Waals surface area (Å²) in [5.41, 5.74) is 5.85. The Hall–Kier alpha value is -1.37. The molecule has 1 fully saturated rings. The van der Waals surface area contributed by atoms with Gasteiger partial charge in [-0.3, -0.25) is 4.79 Å². The predicted octanol–water partition coefficient (Wildman–Crippen LogP) is 0.853. The Morgan fingerprint density at radius 2 is 2.53 bits per heavy atom. The second-order valence-electron chi connectivity index (χ2n) is 4.20. The molecule has 0 saturated carbocycles. The highest BCUT2D eigenvalue weighted by Crippen LogP contribution is 2.16. The Labute approximate surface area is 116 Å². The molecule has 0 aromatic carbocycles. The molecule has 1 aromatic heterocycles. The standard InChI is InChI=1S/C12H16ClN3O3/c13-10-5-8(6-16-11(10)14)12(17)15-2-4-19-9-1-3-18-7-9/h5-6,9H,1-4,7H2,(H2,14,16)(H,15,17). The van der Waals surface area contributed by atoms with E-state index >= 15 is 0 Å². The first-order chi connectivity index (χ1) is 9.16. The minimum atomic E-state index is -0.249. The fourth-order valence-corrected chi connectivity index (χ4v) is 1.88. The summed E-state index contributed by atoms with van der Waals surface area (Å²) in [6.07, 6.45) is 2.44. The molecular weight excluding hydrogens is 270 g/mol. The first kappa shape index (κ1) is 14.0. The summed E-state index contributed by atoms with van der Waals surface area (Å²) in [6, 6.07) is 1.49. The number of rotatable bonds is 5. The van der Waals surface area contributed by atoms with Crippen molar-refractivity contribution in [1.82, 2.24) is 10.3 Å². The van der Waals surface area contributed by atoms with Crippen LogP contribution in [0.25, 0.3) is 0 Å². The molecule has 0 bridgehead atoms. The molecule has 2 heterocycles.